The van der Waals surface area contributed by atoms with E-state index in [4.69, 9.17) is 0 Å². The fraction of sp³-hybridized carbons (Fsp3) is 0.192. The van der Waals surface area contributed by atoms with Gasteiger partial charge in [0.1, 0.15) is 0 Å². The van der Waals surface area contributed by atoms with Crippen LogP contribution in [0.4, 0.5) is 0 Å². The van der Waals surface area contributed by atoms with Crippen LogP contribution in [0.3, 0.4) is 0 Å². The maximum Gasteiger partial charge on any atom is 0.275 e. The lowest BCUT2D eigenvalue weighted by molar-refractivity contribution is 0.0532. The molecule has 4 aromatic rings. The van der Waals surface area contributed by atoms with Crippen LogP contribution in [0, 0.1) is 0 Å². The minimum Gasteiger partial charge on any atom is -0.335 e. The number of piperazine rings is 1. The van der Waals surface area contributed by atoms with Crippen molar-refractivity contribution in [2.45, 2.75) is 6.54 Å². The van der Waals surface area contributed by atoms with Gasteiger partial charge in [-0.2, -0.15) is 5.10 Å². The van der Waals surface area contributed by atoms with E-state index in [-0.39, 0.29) is 29.6 Å². The Labute approximate surface area is 196 Å². The molecule has 1 aliphatic heterocycles. The number of hydrogen-bond donors (Lipinski definition) is 0. The molecular formula is C26H23N5O3. The molecule has 8 heteroatoms. The quantitative estimate of drug-likeness (QED) is 0.474. The van der Waals surface area contributed by atoms with Gasteiger partial charge in [-0.25, -0.2) is 4.68 Å². The van der Waals surface area contributed by atoms with E-state index < -0.39 is 0 Å². The number of fused-ring (bicyclic) bond motifs is 1. The van der Waals surface area contributed by atoms with E-state index in [0.29, 0.717) is 42.5 Å². The second-order valence-electron chi connectivity index (χ2n) is 8.16. The van der Waals surface area contributed by atoms with Gasteiger partial charge in [0.15, 0.2) is 5.69 Å². The van der Waals surface area contributed by atoms with Crippen LogP contribution < -0.4 is 5.56 Å². The van der Waals surface area contributed by atoms with Crippen molar-refractivity contribution in [3.63, 3.8) is 0 Å². The molecule has 1 saturated heterocycles. The highest BCUT2D eigenvalue weighted by atomic mass is 16.2. The molecule has 0 radical (unpaired) electrons. The van der Waals surface area contributed by atoms with Gasteiger partial charge in [-0.3, -0.25) is 19.4 Å². The number of benzene rings is 2. The molecule has 5 rings (SSSR count). The maximum absolute atomic E-state index is 13.5. The minimum absolute atomic E-state index is 0.0746. The number of nitrogens with zero attached hydrogens (tertiary/aromatic N) is 5. The molecule has 170 valence electrons. The molecule has 1 aliphatic rings. The van der Waals surface area contributed by atoms with E-state index in [1.54, 1.807) is 58.6 Å². The van der Waals surface area contributed by atoms with Gasteiger partial charge >= 0.3 is 0 Å². The van der Waals surface area contributed by atoms with Gasteiger partial charge in [-0.15, -0.1) is 0 Å². The first kappa shape index (κ1) is 21.5. The number of pyridine rings is 1. The van der Waals surface area contributed by atoms with Crippen molar-refractivity contribution in [2.24, 2.45) is 0 Å². The predicted octanol–water partition coefficient (Wildman–Crippen LogP) is 2.44. The zero-order valence-electron chi connectivity index (χ0n) is 18.5. The smallest absolute Gasteiger partial charge is 0.275 e. The highest BCUT2D eigenvalue weighted by molar-refractivity contribution is 6.05. The number of hydrogen-bond acceptors (Lipinski definition) is 5. The lowest BCUT2D eigenvalue weighted by Gasteiger charge is -2.34. The van der Waals surface area contributed by atoms with Gasteiger partial charge in [0, 0.05) is 49.5 Å². The Kier molecular flexibility index (Phi) is 5.86. The molecule has 0 bridgehead atoms. The van der Waals surface area contributed by atoms with Crippen molar-refractivity contribution in [1.82, 2.24) is 24.6 Å². The van der Waals surface area contributed by atoms with Crippen molar-refractivity contribution in [3.05, 3.63) is 106 Å². The van der Waals surface area contributed by atoms with Crippen LogP contribution in [-0.2, 0) is 6.54 Å². The van der Waals surface area contributed by atoms with Gasteiger partial charge in [0.05, 0.1) is 11.9 Å². The zero-order valence-corrected chi connectivity index (χ0v) is 18.5. The molecule has 0 atom stereocenters. The van der Waals surface area contributed by atoms with Crippen LogP contribution in [-0.4, -0.2) is 62.6 Å². The van der Waals surface area contributed by atoms with Crippen LogP contribution in [0.2, 0.25) is 0 Å². The molecule has 0 saturated carbocycles. The molecule has 2 amide bonds. The Hall–Kier alpha value is -4.33. The van der Waals surface area contributed by atoms with Gasteiger partial charge < -0.3 is 9.80 Å². The molecule has 3 heterocycles. The average molecular weight is 454 g/mol. The number of carbonyl (C=O) groups is 2. The second-order valence-corrected chi connectivity index (χ2v) is 8.16. The van der Waals surface area contributed by atoms with Gasteiger partial charge in [0.2, 0.25) is 0 Å². The Morgan fingerprint density at radius 3 is 2.00 bits per heavy atom. The first-order chi connectivity index (χ1) is 16.6. The first-order valence-corrected chi connectivity index (χ1v) is 11.1. The summed E-state index contributed by atoms with van der Waals surface area (Å²) in [6.45, 7) is 1.91. The molecule has 0 aliphatic carbocycles. The van der Waals surface area contributed by atoms with Crippen molar-refractivity contribution in [3.8, 4) is 0 Å². The predicted molar refractivity (Wildman–Crippen MR) is 128 cm³/mol. The third kappa shape index (κ3) is 4.17. The molecule has 2 aromatic heterocycles. The van der Waals surface area contributed by atoms with E-state index in [0.717, 1.165) is 5.56 Å². The summed E-state index contributed by atoms with van der Waals surface area (Å²) >= 11 is 0. The zero-order chi connectivity index (χ0) is 23.5. The molecule has 0 N–H and O–H groups in total. The number of amides is 2. The SMILES string of the molecule is O=C(c1ccncc1)N1CCN(C(=O)c2nn(Cc3ccccc3)c(=O)c3ccccc23)CC1. The van der Waals surface area contributed by atoms with Crippen molar-refractivity contribution in [1.29, 1.82) is 0 Å². The topological polar surface area (TPSA) is 88.4 Å². The number of carbonyl (C=O) groups excluding carboxylic acids is 2. The Bertz CT molecular complexity index is 1390. The normalized spacial score (nSPS) is 13.8. The van der Waals surface area contributed by atoms with E-state index in [9.17, 15) is 14.4 Å². The Morgan fingerprint density at radius 2 is 1.32 bits per heavy atom. The van der Waals surface area contributed by atoms with E-state index in [1.807, 2.05) is 30.3 Å². The summed E-state index contributed by atoms with van der Waals surface area (Å²) in [5.41, 5.74) is 1.52. The summed E-state index contributed by atoms with van der Waals surface area (Å²) in [5, 5.41) is 5.50. The minimum atomic E-state index is -0.242. The van der Waals surface area contributed by atoms with Crippen LogP contribution >= 0.6 is 0 Å². The second kappa shape index (κ2) is 9.27. The molecule has 0 unspecified atom stereocenters. The van der Waals surface area contributed by atoms with Crippen LogP contribution in [0.1, 0.15) is 26.4 Å². The summed E-state index contributed by atoms with van der Waals surface area (Å²) in [6, 6.07) is 20.0. The summed E-state index contributed by atoms with van der Waals surface area (Å²) in [7, 11) is 0. The molecule has 0 spiro atoms. The maximum atomic E-state index is 13.5. The summed E-state index contributed by atoms with van der Waals surface area (Å²) in [6.07, 6.45) is 3.18. The number of rotatable bonds is 4. The molecule has 8 nitrogen and oxygen atoms in total. The van der Waals surface area contributed by atoms with Gasteiger partial charge in [-0.1, -0.05) is 48.5 Å². The fourth-order valence-corrected chi connectivity index (χ4v) is 4.20. The van der Waals surface area contributed by atoms with Crippen LogP contribution in [0.15, 0.2) is 83.9 Å². The molecule has 2 aromatic carbocycles. The number of aromatic nitrogens is 3. The van der Waals surface area contributed by atoms with Crippen molar-refractivity contribution < 1.29 is 9.59 Å². The fourth-order valence-electron chi connectivity index (χ4n) is 4.20. The Balaban J connectivity index is 1.40. The van der Waals surface area contributed by atoms with E-state index >= 15 is 0 Å². The summed E-state index contributed by atoms with van der Waals surface area (Å²) in [5.74, 6) is -0.316. The largest absolute Gasteiger partial charge is 0.335 e. The molecule has 34 heavy (non-hydrogen) atoms. The highest BCUT2D eigenvalue weighted by Crippen LogP contribution is 2.17. The lowest BCUT2D eigenvalue weighted by atomic mass is 10.1. The molecular weight excluding hydrogens is 430 g/mol. The van der Waals surface area contributed by atoms with Gasteiger partial charge in [-0.05, 0) is 23.8 Å². The Morgan fingerprint density at radius 1 is 0.735 bits per heavy atom. The van der Waals surface area contributed by atoms with Crippen molar-refractivity contribution >= 4 is 22.6 Å². The van der Waals surface area contributed by atoms with Crippen LogP contribution in [0.5, 0.6) is 0 Å². The standard InChI is InChI=1S/C26H23N5O3/c32-24(20-10-12-27-13-11-20)29-14-16-30(17-15-29)26(34)23-21-8-4-5-9-22(21)25(33)31(28-23)18-19-6-2-1-3-7-19/h1-13H,14-18H2. The monoisotopic (exact) mass is 453 g/mol. The third-order valence-electron chi connectivity index (χ3n) is 6.03. The average Bonchev–Trinajstić information content (AvgIpc) is 2.91. The summed E-state index contributed by atoms with van der Waals surface area (Å²) in [4.78, 5) is 46.7. The van der Waals surface area contributed by atoms with Crippen LogP contribution in [0.25, 0.3) is 10.8 Å². The van der Waals surface area contributed by atoms with Gasteiger partial charge in [0.25, 0.3) is 17.4 Å². The van der Waals surface area contributed by atoms with E-state index in [1.165, 1.54) is 4.68 Å². The van der Waals surface area contributed by atoms with Crippen molar-refractivity contribution in [2.75, 3.05) is 26.2 Å². The molecule has 1 fully saturated rings. The third-order valence-corrected chi connectivity index (χ3v) is 6.03. The lowest BCUT2D eigenvalue weighted by Crippen LogP contribution is -2.51. The highest BCUT2D eigenvalue weighted by Gasteiger charge is 2.28. The van der Waals surface area contributed by atoms with E-state index in [2.05, 4.69) is 10.1 Å². The first-order valence-electron chi connectivity index (χ1n) is 11.1. The summed E-state index contributed by atoms with van der Waals surface area (Å²) < 4.78 is 1.36.